The molecule has 0 spiro atoms. The summed E-state index contributed by atoms with van der Waals surface area (Å²) in [5.74, 6) is 0.442. The predicted octanol–water partition coefficient (Wildman–Crippen LogP) is 5.35. The van der Waals surface area contributed by atoms with Gasteiger partial charge in [0.15, 0.2) is 11.4 Å². The van der Waals surface area contributed by atoms with Gasteiger partial charge < -0.3 is 14.2 Å². The summed E-state index contributed by atoms with van der Waals surface area (Å²) in [6, 6.07) is 15.4. The van der Waals surface area contributed by atoms with Crippen LogP contribution in [0.5, 0.6) is 0 Å². The molecular weight excluding hydrogens is 576 g/mol. The van der Waals surface area contributed by atoms with Crippen LogP contribution in [-0.2, 0) is 0 Å². The highest BCUT2D eigenvalue weighted by Gasteiger charge is 2.26. The number of hydrogen-bond donors (Lipinski definition) is 0. The smallest absolute Gasteiger partial charge is 0.349 e. The molecule has 1 aliphatic rings. The Hall–Kier alpha value is -3.04. The highest BCUT2D eigenvalue weighted by atomic mass is 79.9. The van der Waals surface area contributed by atoms with Crippen molar-refractivity contribution in [2.75, 3.05) is 31.1 Å². The van der Waals surface area contributed by atoms with Crippen molar-refractivity contribution in [2.24, 2.45) is 0 Å². The molecule has 0 N–H and O–H groups in total. The van der Waals surface area contributed by atoms with Gasteiger partial charge in [-0.05, 0) is 77.3 Å². The number of anilines is 1. The lowest BCUT2D eigenvalue weighted by molar-refractivity contribution is 0.0742. The first-order chi connectivity index (χ1) is 16.8. The third-order valence-electron chi connectivity index (χ3n) is 6.33. The van der Waals surface area contributed by atoms with E-state index in [0.717, 1.165) is 21.5 Å². The van der Waals surface area contributed by atoms with E-state index in [1.807, 2.05) is 18.2 Å². The number of benzene rings is 2. The van der Waals surface area contributed by atoms with Crippen molar-refractivity contribution in [3.63, 3.8) is 0 Å². The maximum atomic E-state index is 13.1. The zero-order valence-electron chi connectivity index (χ0n) is 19.2. The fourth-order valence-corrected chi connectivity index (χ4v) is 5.50. The van der Waals surface area contributed by atoms with Crippen LogP contribution in [0.4, 0.5) is 5.82 Å². The van der Waals surface area contributed by atoms with E-state index in [0.29, 0.717) is 41.6 Å². The van der Waals surface area contributed by atoms with E-state index in [1.54, 1.807) is 17.0 Å². The number of aryl methyl sites for hydroxylation is 2. The maximum absolute atomic E-state index is 13.1. The van der Waals surface area contributed by atoms with Crippen molar-refractivity contribution in [1.29, 1.82) is 0 Å². The molecule has 4 aromatic rings. The van der Waals surface area contributed by atoms with Gasteiger partial charge in [0.25, 0.3) is 5.91 Å². The highest BCUT2D eigenvalue weighted by Crippen LogP contribution is 2.28. The molecule has 2 aromatic heterocycles. The summed E-state index contributed by atoms with van der Waals surface area (Å²) in [5.41, 5.74) is 4.14. The molecule has 7 nitrogen and oxygen atoms in total. The number of halogens is 2. The summed E-state index contributed by atoms with van der Waals surface area (Å²) < 4.78 is 6.91. The zero-order valence-corrected chi connectivity index (χ0v) is 22.4. The molecule has 2 aromatic carbocycles. The average Bonchev–Trinajstić information content (AvgIpc) is 2.86. The largest absolute Gasteiger partial charge is 0.421 e. The summed E-state index contributed by atoms with van der Waals surface area (Å²) in [4.78, 5) is 29.5. The number of carbonyl (C=O) groups excluding carboxylic acids is 1. The Morgan fingerprint density at radius 3 is 2.37 bits per heavy atom. The summed E-state index contributed by atoms with van der Waals surface area (Å²) >= 11 is 6.83. The predicted molar refractivity (Wildman–Crippen MR) is 143 cm³/mol. The quantitative estimate of drug-likeness (QED) is 0.296. The average molecular weight is 598 g/mol. The molecule has 9 heteroatoms. The lowest BCUT2D eigenvalue weighted by Crippen LogP contribution is -2.49. The fraction of sp³-hybridized carbons (Fsp3) is 0.231. The van der Waals surface area contributed by atoms with E-state index in [2.05, 4.69) is 79.0 Å². The molecule has 178 valence electrons. The van der Waals surface area contributed by atoms with Crippen LogP contribution in [0, 0.1) is 13.8 Å². The molecule has 0 radical (unpaired) electrons. The Bertz CT molecular complexity index is 1490. The number of amides is 1. The second-order valence-corrected chi connectivity index (χ2v) is 10.4. The molecular formula is C26H22Br2N4O3. The van der Waals surface area contributed by atoms with Crippen LogP contribution < -0.4 is 10.5 Å². The molecule has 0 aliphatic carbocycles. The molecule has 1 aliphatic heterocycles. The van der Waals surface area contributed by atoms with Crippen LogP contribution in [0.3, 0.4) is 0 Å². The van der Waals surface area contributed by atoms with Crippen LogP contribution in [0.1, 0.15) is 21.5 Å². The number of hydrogen-bond acceptors (Lipinski definition) is 6. The van der Waals surface area contributed by atoms with Crippen molar-refractivity contribution < 1.29 is 9.21 Å². The van der Waals surface area contributed by atoms with Gasteiger partial charge in [-0.1, -0.05) is 28.1 Å². The molecule has 1 saturated heterocycles. The van der Waals surface area contributed by atoms with Crippen molar-refractivity contribution in [1.82, 2.24) is 15.1 Å². The first-order valence-electron chi connectivity index (χ1n) is 11.2. The topological polar surface area (TPSA) is 79.5 Å². The second kappa shape index (κ2) is 9.54. The normalized spacial score (nSPS) is 13.9. The minimum atomic E-state index is -0.638. The van der Waals surface area contributed by atoms with Gasteiger partial charge in [-0.25, -0.2) is 4.79 Å². The van der Waals surface area contributed by atoms with Gasteiger partial charge in [0.2, 0.25) is 0 Å². The molecule has 5 rings (SSSR count). The van der Waals surface area contributed by atoms with E-state index in [1.165, 1.54) is 11.1 Å². The van der Waals surface area contributed by atoms with Crippen LogP contribution >= 0.6 is 31.9 Å². The van der Waals surface area contributed by atoms with Crippen molar-refractivity contribution >= 4 is 54.6 Å². The summed E-state index contributed by atoms with van der Waals surface area (Å²) in [7, 11) is 0. The van der Waals surface area contributed by atoms with Crippen LogP contribution in [0.15, 0.2) is 66.7 Å². The molecule has 0 saturated carbocycles. The molecule has 3 heterocycles. The number of aromatic nitrogens is 2. The third-order valence-corrected chi connectivity index (χ3v) is 7.37. The van der Waals surface area contributed by atoms with Gasteiger partial charge in [0.05, 0.1) is 10.2 Å². The van der Waals surface area contributed by atoms with E-state index >= 15 is 0 Å². The Kier molecular flexibility index (Phi) is 6.46. The van der Waals surface area contributed by atoms with Crippen molar-refractivity contribution in [3.05, 3.63) is 84.6 Å². The minimum Gasteiger partial charge on any atom is -0.421 e. The van der Waals surface area contributed by atoms with Crippen LogP contribution in [0.25, 0.3) is 22.2 Å². The van der Waals surface area contributed by atoms with Crippen molar-refractivity contribution in [3.8, 4) is 11.3 Å². The number of carbonyl (C=O) groups is 1. The molecule has 1 fully saturated rings. The highest BCUT2D eigenvalue weighted by molar-refractivity contribution is 9.11. The van der Waals surface area contributed by atoms with E-state index in [4.69, 9.17) is 4.42 Å². The van der Waals surface area contributed by atoms with E-state index in [9.17, 15) is 9.59 Å². The van der Waals surface area contributed by atoms with Gasteiger partial charge >= 0.3 is 5.63 Å². The Balaban J connectivity index is 1.29. The summed E-state index contributed by atoms with van der Waals surface area (Å²) in [6.07, 6.45) is 0. The Morgan fingerprint density at radius 2 is 1.69 bits per heavy atom. The lowest BCUT2D eigenvalue weighted by Gasteiger charge is -2.35. The van der Waals surface area contributed by atoms with Gasteiger partial charge in [-0.3, -0.25) is 4.79 Å². The maximum Gasteiger partial charge on any atom is 0.349 e. The molecule has 1 amide bonds. The van der Waals surface area contributed by atoms with Gasteiger partial charge in [-0.15, -0.1) is 10.2 Å². The molecule has 35 heavy (non-hydrogen) atoms. The van der Waals surface area contributed by atoms with E-state index in [-0.39, 0.29) is 11.5 Å². The summed E-state index contributed by atoms with van der Waals surface area (Å²) in [6.45, 7) is 6.31. The minimum absolute atomic E-state index is 0.0356. The van der Waals surface area contributed by atoms with Crippen LogP contribution in [-0.4, -0.2) is 47.2 Å². The first-order valence-corrected chi connectivity index (χ1v) is 12.8. The molecule has 0 atom stereocenters. The summed E-state index contributed by atoms with van der Waals surface area (Å²) in [5, 5.41) is 9.51. The number of piperazine rings is 1. The second-order valence-electron chi connectivity index (χ2n) is 8.61. The molecule has 0 unspecified atom stereocenters. The zero-order chi connectivity index (χ0) is 24.7. The number of fused-ring (bicyclic) bond motifs is 1. The first kappa shape index (κ1) is 23.7. The van der Waals surface area contributed by atoms with Crippen molar-refractivity contribution in [2.45, 2.75) is 13.8 Å². The third kappa shape index (κ3) is 4.75. The van der Waals surface area contributed by atoms with E-state index < -0.39 is 5.63 Å². The Labute approximate surface area is 219 Å². The molecule has 0 bridgehead atoms. The number of nitrogens with zero attached hydrogens (tertiary/aromatic N) is 4. The standard InChI is InChI=1S/C26H22Br2N4O3/c1-15-3-4-17(11-16(15)2)22-5-6-23(30-29-22)31-7-9-32(10-8-31)25(33)20-13-18-12-19(27)14-21(28)24(18)35-26(20)34/h3-6,11-14H,7-10H2,1-2H3. The Morgan fingerprint density at radius 1 is 0.914 bits per heavy atom. The fourth-order valence-electron chi connectivity index (χ4n) is 4.16. The van der Waals surface area contributed by atoms with Crippen LogP contribution in [0.2, 0.25) is 0 Å². The SMILES string of the molecule is Cc1ccc(-c2ccc(N3CCN(C(=O)c4cc5cc(Br)cc(Br)c5oc4=O)CC3)nn2)cc1C. The van der Waals surface area contributed by atoms with Gasteiger partial charge in [0, 0.05) is 41.6 Å². The lowest BCUT2D eigenvalue weighted by atomic mass is 10.0. The number of rotatable bonds is 3. The van der Waals surface area contributed by atoms with Gasteiger partial charge in [-0.2, -0.15) is 0 Å². The monoisotopic (exact) mass is 596 g/mol. The van der Waals surface area contributed by atoms with Gasteiger partial charge in [0.1, 0.15) is 5.56 Å².